The molecule has 0 spiro atoms. The Labute approximate surface area is 149 Å². The van der Waals surface area contributed by atoms with Crippen molar-refractivity contribution in [2.45, 2.75) is 6.42 Å². The van der Waals surface area contributed by atoms with Crippen LogP contribution in [0, 0.1) is 23.7 Å². The van der Waals surface area contributed by atoms with Gasteiger partial charge in [0.1, 0.15) is 0 Å². The quantitative estimate of drug-likeness (QED) is 0.455. The molecule has 24 heavy (non-hydrogen) atoms. The van der Waals surface area contributed by atoms with Crippen molar-refractivity contribution < 1.29 is 9.59 Å². The van der Waals surface area contributed by atoms with Gasteiger partial charge in [-0.1, -0.05) is 18.2 Å². The van der Waals surface area contributed by atoms with E-state index < -0.39 is 0 Å². The van der Waals surface area contributed by atoms with E-state index in [4.69, 9.17) is 0 Å². The molecule has 2 bridgehead atoms. The zero-order valence-corrected chi connectivity index (χ0v) is 15.1. The monoisotopic (exact) mass is 387 g/mol. The molecule has 4 atom stereocenters. The summed E-state index contributed by atoms with van der Waals surface area (Å²) in [5.41, 5.74) is 1.89. The highest BCUT2D eigenvalue weighted by molar-refractivity contribution is 9.10. The van der Waals surface area contributed by atoms with Crippen molar-refractivity contribution in [3.63, 3.8) is 0 Å². The maximum Gasteiger partial charge on any atom is 0.254 e. The van der Waals surface area contributed by atoms with E-state index in [0.717, 1.165) is 27.2 Å². The lowest BCUT2D eigenvalue weighted by Crippen LogP contribution is -2.28. The number of carbonyl (C=O) groups excluding carboxylic acids is 2. The third-order valence-electron chi connectivity index (χ3n) is 5.22. The molecule has 0 radical (unpaired) electrons. The highest BCUT2D eigenvalue weighted by Crippen LogP contribution is 2.52. The molecule has 1 saturated heterocycles. The van der Waals surface area contributed by atoms with Crippen LogP contribution in [0.3, 0.4) is 0 Å². The molecule has 1 heterocycles. The molecule has 0 aromatic heterocycles. The summed E-state index contributed by atoms with van der Waals surface area (Å²) in [5, 5.41) is 5.28. The van der Waals surface area contributed by atoms with Gasteiger partial charge < -0.3 is 4.90 Å². The number of halogens is 1. The van der Waals surface area contributed by atoms with Gasteiger partial charge in [0.05, 0.1) is 23.7 Å². The van der Waals surface area contributed by atoms with E-state index in [1.54, 1.807) is 6.21 Å². The summed E-state index contributed by atoms with van der Waals surface area (Å²) in [6.07, 6.45) is 6.68. The van der Waals surface area contributed by atoms with Gasteiger partial charge in [-0.3, -0.25) is 9.59 Å². The second-order valence-electron chi connectivity index (χ2n) is 6.84. The first-order chi connectivity index (χ1) is 11.5. The second kappa shape index (κ2) is 5.55. The van der Waals surface area contributed by atoms with Gasteiger partial charge >= 0.3 is 0 Å². The van der Waals surface area contributed by atoms with E-state index in [9.17, 15) is 9.59 Å². The topological polar surface area (TPSA) is 53.0 Å². The Kier molecular flexibility index (Phi) is 3.60. The number of benzene rings is 1. The maximum atomic E-state index is 12.6. The Morgan fingerprint density at radius 1 is 1.17 bits per heavy atom. The summed E-state index contributed by atoms with van der Waals surface area (Å²) in [4.78, 5) is 27.1. The first kappa shape index (κ1) is 15.6. The minimum atomic E-state index is -0.201. The molecular formula is C18H18BrN3O2. The van der Waals surface area contributed by atoms with Crippen LogP contribution in [0.4, 0.5) is 5.69 Å². The van der Waals surface area contributed by atoms with Gasteiger partial charge in [0.2, 0.25) is 0 Å². The van der Waals surface area contributed by atoms with Gasteiger partial charge in [0, 0.05) is 18.6 Å². The lowest BCUT2D eigenvalue weighted by atomic mass is 9.85. The standard InChI is InChI=1S/C18H18BrN3O2/c1-21(2)14-6-3-10(7-13(14)19)9-20-22-17(23)15-11-4-5-12(8-11)16(15)18(22)24/h3-7,9,11-12,15-16H,8H2,1-2H3/b20-9-/t11-,12-,15-,16-/m0/s1. The third-order valence-corrected chi connectivity index (χ3v) is 5.86. The molecular weight excluding hydrogens is 370 g/mol. The smallest absolute Gasteiger partial charge is 0.254 e. The lowest BCUT2D eigenvalue weighted by molar-refractivity contribution is -0.140. The molecule has 1 aromatic carbocycles. The molecule has 124 valence electrons. The molecule has 2 fully saturated rings. The molecule has 5 nitrogen and oxygen atoms in total. The summed E-state index contributed by atoms with van der Waals surface area (Å²) < 4.78 is 0.939. The highest BCUT2D eigenvalue weighted by Gasteiger charge is 2.59. The van der Waals surface area contributed by atoms with Crippen LogP contribution in [0.1, 0.15) is 12.0 Å². The van der Waals surface area contributed by atoms with E-state index in [2.05, 4.69) is 33.2 Å². The number of amides is 2. The SMILES string of the molecule is CN(C)c1ccc(/C=N\N2C(=O)[C@@H]3[C@@H](C2=O)[C@H]2C=C[C@H]3C2)cc1Br. The van der Waals surface area contributed by atoms with Crippen LogP contribution in [-0.4, -0.2) is 37.1 Å². The Hall–Kier alpha value is -1.95. The fraction of sp³-hybridized carbons (Fsp3) is 0.389. The van der Waals surface area contributed by atoms with Gasteiger partial charge in [-0.2, -0.15) is 10.1 Å². The molecule has 3 aliphatic rings. The second-order valence-corrected chi connectivity index (χ2v) is 7.69. The third kappa shape index (κ3) is 2.24. The van der Waals surface area contributed by atoms with Gasteiger partial charge in [-0.25, -0.2) is 0 Å². The van der Waals surface area contributed by atoms with Crippen LogP contribution in [-0.2, 0) is 9.59 Å². The van der Waals surface area contributed by atoms with E-state index in [-0.39, 0.29) is 35.5 Å². The number of imide groups is 1. The molecule has 0 N–H and O–H groups in total. The van der Waals surface area contributed by atoms with Crippen LogP contribution >= 0.6 is 15.9 Å². The number of rotatable bonds is 3. The van der Waals surface area contributed by atoms with Gasteiger partial charge in [0.15, 0.2) is 0 Å². The van der Waals surface area contributed by atoms with Gasteiger partial charge in [0.25, 0.3) is 11.8 Å². The van der Waals surface area contributed by atoms with Crippen LogP contribution in [0.15, 0.2) is 39.9 Å². The minimum Gasteiger partial charge on any atom is -0.377 e. The molecule has 1 saturated carbocycles. The average Bonchev–Trinajstić information content (AvgIpc) is 3.20. The van der Waals surface area contributed by atoms with Crippen LogP contribution < -0.4 is 4.90 Å². The Bertz CT molecular complexity index is 756. The van der Waals surface area contributed by atoms with Crippen molar-refractivity contribution in [2.24, 2.45) is 28.8 Å². The molecule has 2 amide bonds. The van der Waals surface area contributed by atoms with Gasteiger partial charge in [-0.05, 0) is 51.9 Å². The van der Waals surface area contributed by atoms with E-state index >= 15 is 0 Å². The summed E-state index contributed by atoms with van der Waals surface area (Å²) >= 11 is 3.53. The first-order valence-corrected chi connectivity index (χ1v) is 8.83. The molecule has 6 heteroatoms. The number of nitrogens with zero attached hydrogens (tertiary/aromatic N) is 3. The fourth-order valence-corrected chi connectivity index (χ4v) is 4.84. The zero-order chi connectivity index (χ0) is 17.0. The fourth-order valence-electron chi connectivity index (χ4n) is 4.09. The normalized spacial score (nSPS) is 30.7. The minimum absolute atomic E-state index is 0.151. The van der Waals surface area contributed by atoms with Crippen molar-refractivity contribution >= 4 is 39.6 Å². The first-order valence-electron chi connectivity index (χ1n) is 8.04. The zero-order valence-electron chi connectivity index (χ0n) is 13.5. The number of hydrogen-bond acceptors (Lipinski definition) is 4. The summed E-state index contributed by atoms with van der Waals surface area (Å²) in [7, 11) is 3.94. The summed E-state index contributed by atoms with van der Waals surface area (Å²) in [6.45, 7) is 0. The predicted octanol–water partition coefficient (Wildman–Crippen LogP) is 2.66. The van der Waals surface area contributed by atoms with E-state index in [0.29, 0.717) is 0 Å². The van der Waals surface area contributed by atoms with Crippen molar-refractivity contribution in [1.82, 2.24) is 5.01 Å². The predicted molar refractivity (Wildman–Crippen MR) is 95.6 cm³/mol. The summed E-state index contributed by atoms with van der Waals surface area (Å²) in [5.74, 6) is -0.278. The Balaban J connectivity index is 1.56. The molecule has 4 rings (SSSR count). The number of hydrazone groups is 1. The van der Waals surface area contributed by atoms with Crippen LogP contribution in [0.25, 0.3) is 0 Å². The Morgan fingerprint density at radius 2 is 1.79 bits per heavy atom. The number of hydrogen-bond donors (Lipinski definition) is 0. The van der Waals surface area contributed by atoms with Crippen LogP contribution in [0.5, 0.6) is 0 Å². The summed E-state index contributed by atoms with van der Waals surface area (Å²) in [6, 6.07) is 5.81. The van der Waals surface area contributed by atoms with E-state index in [1.165, 1.54) is 0 Å². The maximum absolute atomic E-state index is 12.6. The molecule has 1 aromatic rings. The number of fused-ring (bicyclic) bond motifs is 5. The number of allylic oxidation sites excluding steroid dienone is 2. The van der Waals surface area contributed by atoms with E-state index in [1.807, 2.05) is 37.2 Å². The van der Waals surface area contributed by atoms with Crippen LogP contribution in [0.2, 0.25) is 0 Å². The lowest BCUT2D eigenvalue weighted by Gasteiger charge is -2.15. The van der Waals surface area contributed by atoms with Gasteiger partial charge in [-0.15, -0.1) is 0 Å². The Morgan fingerprint density at radius 3 is 2.33 bits per heavy atom. The molecule has 2 aliphatic carbocycles. The van der Waals surface area contributed by atoms with Crippen molar-refractivity contribution in [3.05, 3.63) is 40.4 Å². The van der Waals surface area contributed by atoms with Crippen molar-refractivity contribution in [3.8, 4) is 0 Å². The molecule has 0 unspecified atom stereocenters. The van der Waals surface area contributed by atoms with Crippen molar-refractivity contribution in [1.29, 1.82) is 0 Å². The number of carbonyl (C=O) groups is 2. The van der Waals surface area contributed by atoms with Crippen molar-refractivity contribution in [2.75, 3.05) is 19.0 Å². The highest BCUT2D eigenvalue weighted by atomic mass is 79.9. The number of anilines is 1. The molecule has 1 aliphatic heterocycles. The average molecular weight is 388 g/mol. The largest absolute Gasteiger partial charge is 0.377 e.